The summed E-state index contributed by atoms with van der Waals surface area (Å²) in [5.74, 6) is 0.200. The van der Waals surface area contributed by atoms with Crippen molar-refractivity contribution in [3.05, 3.63) is 35.9 Å². The van der Waals surface area contributed by atoms with Crippen molar-refractivity contribution in [3.8, 4) is 0 Å². The molecular weight excluding hydrogens is 252 g/mol. The van der Waals surface area contributed by atoms with Gasteiger partial charge in [0.1, 0.15) is 0 Å². The topological polar surface area (TPSA) is 27.7 Å². The van der Waals surface area contributed by atoms with Crippen molar-refractivity contribution in [1.29, 1.82) is 0 Å². The molecule has 2 atom stereocenters. The van der Waals surface area contributed by atoms with Gasteiger partial charge in [0.05, 0.1) is 4.87 Å². The van der Waals surface area contributed by atoms with E-state index in [0.717, 1.165) is 0 Å². The van der Waals surface area contributed by atoms with E-state index in [0.29, 0.717) is 0 Å². The highest BCUT2D eigenvalue weighted by Gasteiger charge is 2.48. The molecule has 0 radical (unpaired) electrons. The van der Waals surface area contributed by atoms with Crippen LogP contribution < -0.4 is 0 Å². The second-order valence-electron chi connectivity index (χ2n) is 3.86. The molecule has 0 amide bonds. The van der Waals surface area contributed by atoms with E-state index in [9.17, 15) is 0 Å². The fraction of sp³-hybridized carbons (Fsp3) is 0.500. The smallest absolute Gasteiger partial charge is 0.376 e. The first-order chi connectivity index (χ1) is 8.11. The minimum absolute atomic E-state index is 0.0927. The van der Waals surface area contributed by atoms with Crippen LogP contribution >= 0.6 is 12.6 Å². The molecule has 3 nitrogen and oxygen atoms in total. The van der Waals surface area contributed by atoms with Gasteiger partial charge in [-0.1, -0.05) is 37.3 Å². The van der Waals surface area contributed by atoms with Crippen molar-refractivity contribution >= 4 is 21.4 Å². The Hall–Kier alpha value is -0.333. The molecule has 17 heavy (non-hydrogen) atoms. The first-order valence-electron chi connectivity index (χ1n) is 5.49. The predicted octanol–water partition coefficient (Wildman–Crippen LogP) is 2.51. The highest BCUT2D eigenvalue weighted by molar-refractivity contribution is 7.83. The molecule has 0 N–H and O–H groups in total. The standard InChI is InChI=1S/C12H20O3SSi/c1-10(11-8-6-5-7-9-11)12(16)17(13-2,14-3)15-4/h5-10,12,16H,1-4H3. The quantitative estimate of drug-likeness (QED) is 0.637. The summed E-state index contributed by atoms with van der Waals surface area (Å²) < 4.78 is 16.4. The Morgan fingerprint density at radius 1 is 1.00 bits per heavy atom. The molecule has 1 rings (SSSR count). The minimum atomic E-state index is -2.70. The summed E-state index contributed by atoms with van der Waals surface area (Å²) in [6.07, 6.45) is 0. The summed E-state index contributed by atoms with van der Waals surface area (Å²) in [6.45, 7) is 2.10. The van der Waals surface area contributed by atoms with Gasteiger partial charge in [-0.05, 0) is 11.5 Å². The third kappa shape index (κ3) is 3.11. The average molecular weight is 272 g/mol. The third-order valence-corrected chi connectivity index (χ3v) is 7.34. The van der Waals surface area contributed by atoms with Crippen LogP contribution in [0.25, 0.3) is 0 Å². The summed E-state index contributed by atoms with van der Waals surface area (Å²) in [7, 11) is 2.13. The van der Waals surface area contributed by atoms with Gasteiger partial charge in [0, 0.05) is 21.3 Å². The van der Waals surface area contributed by atoms with Crippen molar-refractivity contribution in [3.63, 3.8) is 0 Å². The molecule has 0 aliphatic rings. The lowest BCUT2D eigenvalue weighted by molar-refractivity contribution is 0.119. The van der Waals surface area contributed by atoms with Crippen LogP contribution in [0.5, 0.6) is 0 Å². The Morgan fingerprint density at radius 2 is 1.47 bits per heavy atom. The van der Waals surface area contributed by atoms with Gasteiger partial charge in [0.25, 0.3) is 0 Å². The van der Waals surface area contributed by atoms with Gasteiger partial charge in [0.15, 0.2) is 0 Å². The highest BCUT2D eigenvalue weighted by atomic mass is 32.1. The van der Waals surface area contributed by atoms with Gasteiger partial charge in [0.2, 0.25) is 0 Å². The van der Waals surface area contributed by atoms with Gasteiger partial charge in [-0.2, -0.15) is 12.6 Å². The summed E-state index contributed by atoms with van der Waals surface area (Å²) >= 11 is 4.64. The number of hydrogen-bond donors (Lipinski definition) is 1. The Balaban J connectivity index is 2.92. The van der Waals surface area contributed by atoms with Crippen LogP contribution in [0.3, 0.4) is 0 Å². The van der Waals surface area contributed by atoms with Crippen LogP contribution in [0.15, 0.2) is 30.3 Å². The Bertz CT molecular complexity index is 322. The molecule has 0 saturated carbocycles. The maximum atomic E-state index is 5.46. The Labute approximate surface area is 110 Å². The summed E-state index contributed by atoms with van der Waals surface area (Å²) in [4.78, 5) is -0.0927. The molecule has 0 spiro atoms. The molecule has 0 fully saturated rings. The predicted molar refractivity (Wildman–Crippen MR) is 74.4 cm³/mol. The van der Waals surface area contributed by atoms with Crippen molar-refractivity contribution in [2.24, 2.45) is 0 Å². The molecule has 0 aliphatic heterocycles. The lowest BCUT2D eigenvalue weighted by Gasteiger charge is -2.33. The van der Waals surface area contributed by atoms with E-state index in [1.54, 1.807) is 21.3 Å². The molecule has 0 heterocycles. The fourth-order valence-corrected chi connectivity index (χ4v) is 5.01. The molecule has 96 valence electrons. The molecule has 5 heteroatoms. The van der Waals surface area contributed by atoms with Gasteiger partial charge < -0.3 is 13.3 Å². The molecular formula is C12H20O3SSi. The van der Waals surface area contributed by atoms with Gasteiger partial charge in [-0.15, -0.1) is 0 Å². The number of rotatable bonds is 6. The SMILES string of the molecule is CO[Si](OC)(OC)C(S)C(C)c1ccccc1. The van der Waals surface area contributed by atoms with Crippen molar-refractivity contribution in [1.82, 2.24) is 0 Å². The Morgan fingerprint density at radius 3 is 1.88 bits per heavy atom. The molecule has 0 saturated heterocycles. The van der Waals surface area contributed by atoms with Crippen LogP contribution in [0.2, 0.25) is 0 Å². The zero-order chi connectivity index (χ0) is 12.9. The van der Waals surface area contributed by atoms with Gasteiger partial charge in [-0.25, -0.2) is 0 Å². The lowest BCUT2D eigenvalue weighted by Crippen LogP contribution is -2.53. The molecule has 0 aliphatic carbocycles. The maximum Gasteiger partial charge on any atom is 0.514 e. The first kappa shape index (κ1) is 14.7. The number of benzene rings is 1. The van der Waals surface area contributed by atoms with Crippen molar-refractivity contribution in [2.45, 2.75) is 17.7 Å². The fourth-order valence-electron chi connectivity index (χ4n) is 1.86. The zero-order valence-electron chi connectivity index (χ0n) is 10.7. The molecule has 1 aromatic rings. The monoisotopic (exact) mass is 272 g/mol. The van der Waals surface area contributed by atoms with Crippen LogP contribution in [0.1, 0.15) is 18.4 Å². The van der Waals surface area contributed by atoms with E-state index in [4.69, 9.17) is 13.3 Å². The van der Waals surface area contributed by atoms with E-state index in [1.807, 2.05) is 18.2 Å². The van der Waals surface area contributed by atoms with E-state index >= 15 is 0 Å². The number of thiol groups is 1. The van der Waals surface area contributed by atoms with Gasteiger partial charge >= 0.3 is 8.80 Å². The molecule has 2 unspecified atom stereocenters. The molecule has 0 bridgehead atoms. The molecule has 1 aromatic carbocycles. The number of hydrogen-bond acceptors (Lipinski definition) is 4. The van der Waals surface area contributed by atoms with E-state index in [2.05, 4.69) is 31.7 Å². The van der Waals surface area contributed by atoms with Crippen LogP contribution in [0.4, 0.5) is 0 Å². The average Bonchev–Trinajstić information content (AvgIpc) is 2.41. The largest absolute Gasteiger partial charge is 0.514 e. The van der Waals surface area contributed by atoms with Crippen LogP contribution in [0, 0.1) is 0 Å². The van der Waals surface area contributed by atoms with E-state index in [1.165, 1.54) is 5.56 Å². The zero-order valence-corrected chi connectivity index (χ0v) is 12.6. The third-order valence-electron chi connectivity index (χ3n) is 3.01. The Kier molecular flexibility index (Phi) is 5.68. The minimum Gasteiger partial charge on any atom is -0.376 e. The van der Waals surface area contributed by atoms with Crippen molar-refractivity contribution in [2.75, 3.05) is 21.3 Å². The van der Waals surface area contributed by atoms with Crippen LogP contribution in [-0.2, 0) is 13.3 Å². The summed E-state index contributed by atoms with van der Waals surface area (Å²) in [5.41, 5.74) is 1.20. The summed E-state index contributed by atoms with van der Waals surface area (Å²) in [5, 5.41) is 0. The van der Waals surface area contributed by atoms with Crippen molar-refractivity contribution < 1.29 is 13.3 Å². The van der Waals surface area contributed by atoms with Crippen LogP contribution in [-0.4, -0.2) is 35.0 Å². The normalized spacial score (nSPS) is 15.6. The summed E-state index contributed by atoms with van der Waals surface area (Å²) in [6, 6.07) is 10.2. The second-order valence-corrected chi connectivity index (χ2v) is 7.96. The van der Waals surface area contributed by atoms with E-state index < -0.39 is 8.80 Å². The second kappa shape index (κ2) is 6.56. The lowest BCUT2D eigenvalue weighted by atomic mass is 10.0. The molecule has 0 aromatic heterocycles. The van der Waals surface area contributed by atoms with Gasteiger partial charge in [-0.3, -0.25) is 0 Å². The maximum absolute atomic E-state index is 5.46. The highest BCUT2D eigenvalue weighted by Crippen LogP contribution is 2.30. The van der Waals surface area contributed by atoms with E-state index in [-0.39, 0.29) is 10.8 Å². The first-order valence-corrected chi connectivity index (χ1v) is 7.81.